The Morgan fingerprint density at radius 2 is 2.05 bits per heavy atom. The summed E-state index contributed by atoms with van der Waals surface area (Å²) in [6.07, 6.45) is 0.933. The van der Waals surface area contributed by atoms with Crippen LogP contribution in [0.4, 0.5) is 10.7 Å². The number of anilines is 2. The topological polar surface area (TPSA) is 61.6 Å². The molecule has 1 amide bonds. The van der Waals surface area contributed by atoms with E-state index in [1.54, 1.807) is 0 Å². The summed E-state index contributed by atoms with van der Waals surface area (Å²) < 4.78 is 0. The van der Waals surface area contributed by atoms with Crippen molar-refractivity contribution in [1.29, 1.82) is 0 Å². The van der Waals surface area contributed by atoms with Crippen LogP contribution in [0.15, 0.2) is 6.07 Å². The third-order valence-electron chi connectivity index (χ3n) is 3.62. The van der Waals surface area contributed by atoms with E-state index in [1.165, 1.54) is 11.3 Å². The number of nitrogens with zero attached hydrogens (tertiary/aromatic N) is 2. The number of amides is 1. The molecule has 0 spiro atoms. The van der Waals surface area contributed by atoms with Crippen LogP contribution in [0.2, 0.25) is 0 Å². The molecule has 0 atom stereocenters. The van der Waals surface area contributed by atoms with Gasteiger partial charge in [0.05, 0.1) is 10.7 Å². The fourth-order valence-electron chi connectivity index (χ4n) is 2.33. The minimum atomic E-state index is -0.0483. The second-order valence-electron chi connectivity index (χ2n) is 5.05. The summed E-state index contributed by atoms with van der Waals surface area (Å²) in [4.78, 5) is 17.4. The lowest BCUT2D eigenvalue weighted by Gasteiger charge is -2.34. The third-order valence-corrected chi connectivity index (χ3v) is 4.83. The lowest BCUT2D eigenvalue weighted by Crippen LogP contribution is -2.45. The molecule has 2 heterocycles. The minimum Gasteiger partial charge on any atom is -0.397 e. The first-order valence-electron chi connectivity index (χ1n) is 7.30. The zero-order valence-corrected chi connectivity index (χ0v) is 13.1. The van der Waals surface area contributed by atoms with Gasteiger partial charge < -0.3 is 20.9 Å². The summed E-state index contributed by atoms with van der Waals surface area (Å²) in [5.74, 6) is -0.0483. The van der Waals surface area contributed by atoms with Gasteiger partial charge in [0.15, 0.2) is 0 Å². The Balaban J connectivity index is 2.02. The number of nitrogens with two attached hydrogens (primary N) is 1. The molecule has 2 rings (SSSR count). The summed E-state index contributed by atoms with van der Waals surface area (Å²) in [6, 6.07) is 1.94. The number of piperazine rings is 1. The van der Waals surface area contributed by atoms with Crippen LogP contribution < -0.4 is 16.0 Å². The van der Waals surface area contributed by atoms with Crippen molar-refractivity contribution >= 4 is 27.9 Å². The van der Waals surface area contributed by atoms with Crippen LogP contribution in [0, 0.1) is 0 Å². The lowest BCUT2D eigenvalue weighted by molar-refractivity contribution is 0.0958. The first kappa shape index (κ1) is 15.1. The number of nitrogen functional groups attached to an aromatic ring is 1. The molecule has 0 aliphatic carbocycles. The first-order valence-corrected chi connectivity index (χ1v) is 8.12. The van der Waals surface area contributed by atoms with Crippen molar-refractivity contribution in [3.63, 3.8) is 0 Å². The van der Waals surface area contributed by atoms with Crippen LogP contribution in [-0.4, -0.2) is 50.1 Å². The Morgan fingerprint density at radius 1 is 1.35 bits per heavy atom. The molecule has 1 fully saturated rings. The van der Waals surface area contributed by atoms with E-state index in [0.29, 0.717) is 17.1 Å². The fraction of sp³-hybridized carbons (Fsp3) is 0.643. The molecule has 1 saturated heterocycles. The zero-order valence-electron chi connectivity index (χ0n) is 12.3. The number of hydrogen-bond donors (Lipinski definition) is 2. The SMILES string of the molecule is CCCNC(=O)c1sc(N2CCN(CC)CC2)cc1N. The molecule has 20 heavy (non-hydrogen) atoms. The number of carbonyl (C=O) groups is 1. The maximum Gasteiger partial charge on any atom is 0.263 e. The van der Waals surface area contributed by atoms with Crippen molar-refractivity contribution < 1.29 is 4.79 Å². The van der Waals surface area contributed by atoms with Crippen LogP contribution in [0.25, 0.3) is 0 Å². The molecular weight excluding hydrogens is 272 g/mol. The van der Waals surface area contributed by atoms with Crippen LogP contribution in [0.3, 0.4) is 0 Å². The highest BCUT2D eigenvalue weighted by atomic mass is 32.1. The molecule has 0 aromatic carbocycles. The summed E-state index contributed by atoms with van der Waals surface area (Å²) in [7, 11) is 0. The Kier molecular flexibility index (Phi) is 5.25. The Morgan fingerprint density at radius 3 is 2.65 bits per heavy atom. The molecule has 6 heteroatoms. The Hall–Kier alpha value is -1.27. The van der Waals surface area contributed by atoms with Gasteiger partial charge in [0.25, 0.3) is 5.91 Å². The molecule has 112 valence electrons. The molecule has 1 aliphatic rings. The van der Waals surface area contributed by atoms with E-state index in [1.807, 2.05) is 13.0 Å². The van der Waals surface area contributed by atoms with Gasteiger partial charge in [-0.05, 0) is 19.0 Å². The van der Waals surface area contributed by atoms with Crippen molar-refractivity contribution in [2.24, 2.45) is 0 Å². The lowest BCUT2D eigenvalue weighted by atomic mass is 10.3. The van der Waals surface area contributed by atoms with Crippen molar-refractivity contribution in [1.82, 2.24) is 10.2 Å². The summed E-state index contributed by atoms with van der Waals surface area (Å²) in [5, 5.41) is 4.00. The molecule has 1 aliphatic heterocycles. The zero-order chi connectivity index (χ0) is 14.5. The highest BCUT2D eigenvalue weighted by molar-refractivity contribution is 7.18. The van der Waals surface area contributed by atoms with E-state index in [9.17, 15) is 4.79 Å². The largest absolute Gasteiger partial charge is 0.397 e. The maximum absolute atomic E-state index is 12.0. The molecule has 0 radical (unpaired) electrons. The molecule has 1 aromatic rings. The van der Waals surface area contributed by atoms with Gasteiger partial charge in [-0.2, -0.15) is 0 Å². The molecule has 1 aromatic heterocycles. The van der Waals surface area contributed by atoms with E-state index in [0.717, 1.165) is 44.1 Å². The van der Waals surface area contributed by atoms with Gasteiger partial charge in [0, 0.05) is 32.7 Å². The number of hydrogen-bond acceptors (Lipinski definition) is 5. The Bertz CT molecular complexity index is 452. The van der Waals surface area contributed by atoms with Gasteiger partial charge in [-0.15, -0.1) is 11.3 Å². The normalized spacial score (nSPS) is 16.4. The molecular formula is C14H24N4OS. The highest BCUT2D eigenvalue weighted by Crippen LogP contribution is 2.32. The third kappa shape index (κ3) is 3.43. The van der Waals surface area contributed by atoms with Crippen molar-refractivity contribution in [3.05, 3.63) is 10.9 Å². The second-order valence-corrected chi connectivity index (χ2v) is 6.08. The number of likely N-dealkylation sites (N-methyl/N-ethyl adjacent to an activating group) is 1. The highest BCUT2D eigenvalue weighted by Gasteiger charge is 2.20. The van der Waals surface area contributed by atoms with Gasteiger partial charge in [-0.25, -0.2) is 0 Å². The molecule has 0 saturated carbocycles. The van der Waals surface area contributed by atoms with Gasteiger partial charge in [-0.3, -0.25) is 4.79 Å². The average molecular weight is 296 g/mol. The molecule has 0 bridgehead atoms. The summed E-state index contributed by atoms with van der Waals surface area (Å²) in [6.45, 7) is 10.2. The number of carbonyl (C=O) groups excluding carboxylic acids is 1. The predicted molar refractivity (Wildman–Crippen MR) is 85.7 cm³/mol. The number of rotatable bonds is 5. The quantitative estimate of drug-likeness (QED) is 0.866. The van der Waals surface area contributed by atoms with Crippen molar-refractivity contribution in [2.45, 2.75) is 20.3 Å². The average Bonchev–Trinajstić information content (AvgIpc) is 2.87. The van der Waals surface area contributed by atoms with Crippen LogP contribution in [-0.2, 0) is 0 Å². The van der Waals surface area contributed by atoms with E-state index >= 15 is 0 Å². The monoisotopic (exact) mass is 296 g/mol. The van der Waals surface area contributed by atoms with Crippen LogP contribution in [0.5, 0.6) is 0 Å². The number of nitrogens with one attached hydrogen (secondary N) is 1. The summed E-state index contributed by atoms with van der Waals surface area (Å²) in [5.41, 5.74) is 6.58. The van der Waals surface area contributed by atoms with E-state index in [2.05, 4.69) is 22.0 Å². The first-order chi connectivity index (χ1) is 9.65. The smallest absolute Gasteiger partial charge is 0.263 e. The van der Waals surface area contributed by atoms with E-state index in [-0.39, 0.29) is 5.91 Å². The van der Waals surface area contributed by atoms with Gasteiger partial charge in [0.2, 0.25) is 0 Å². The molecule has 3 N–H and O–H groups in total. The van der Waals surface area contributed by atoms with Gasteiger partial charge >= 0.3 is 0 Å². The van der Waals surface area contributed by atoms with Crippen molar-refractivity contribution in [3.8, 4) is 0 Å². The minimum absolute atomic E-state index is 0.0483. The van der Waals surface area contributed by atoms with Gasteiger partial charge in [-0.1, -0.05) is 13.8 Å². The standard InChI is InChI=1S/C14H24N4OS/c1-3-5-16-14(19)13-11(15)10-12(20-13)18-8-6-17(4-2)7-9-18/h10H,3-9,15H2,1-2H3,(H,16,19). The maximum atomic E-state index is 12.0. The second kappa shape index (κ2) is 6.95. The van der Waals surface area contributed by atoms with Crippen LogP contribution in [0.1, 0.15) is 29.9 Å². The van der Waals surface area contributed by atoms with Crippen LogP contribution >= 0.6 is 11.3 Å². The predicted octanol–water partition coefficient (Wildman–Crippen LogP) is 1.61. The van der Waals surface area contributed by atoms with Gasteiger partial charge in [0.1, 0.15) is 4.88 Å². The van der Waals surface area contributed by atoms with E-state index < -0.39 is 0 Å². The fourth-order valence-corrected chi connectivity index (χ4v) is 3.38. The van der Waals surface area contributed by atoms with E-state index in [4.69, 9.17) is 5.73 Å². The Labute approximate surface area is 124 Å². The summed E-state index contributed by atoms with van der Waals surface area (Å²) >= 11 is 1.50. The number of thiophene rings is 1. The molecule has 5 nitrogen and oxygen atoms in total. The van der Waals surface area contributed by atoms with Crippen molar-refractivity contribution in [2.75, 3.05) is 49.9 Å². The molecule has 0 unspecified atom stereocenters.